The Morgan fingerprint density at radius 1 is 1.10 bits per heavy atom. The largest absolute Gasteiger partial charge is 0.488 e. The van der Waals surface area contributed by atoms with Crippen molar-refractivity contribution in [3.63, 3.8) is 0 Å². The van der Waals surface area contributed by atoms with Crippen molar-refractivity contribution in [3.05, 3.63) is 131 Å². The number of aromatic nitrogens is 1. The SMILES string of the molecule is C=CC1(Cc2cc(F)cc(F)c2)C(=O)N(c2ccccn2)Cc2ccc(C3C=CC=C(OCC(F)(F)F)C3)cc21. The molecule has 0 spiro atoms. The van der Waals surface area contributed by atoms with Gasteiger partial charge in [0.15, 0.2) is 6.61 Å². The van der Waals surface area contributed by atoms with Gasteiger partial charge in [-0.2, -0.15) is 13.2 Å². The van der Waals surface area contributed by atoms with E-state index >= 15 is 0 Å². The molecule has 1 aliphatic carbocycles. The molecule has 0 saturated heterocycles. The number of anilines is 1. The number of fused-ring (bicyclic) bond motifs is 1. The summed E-state index contributed by atoms with van der Waals surface area (Å²) in [4.78, 5) is 20.1. The number of ether oxygens (including phenoxy) is 1. The molecule has 2 atom stereocenters. The molecule has 0 N–H and O–H groups in total. The number of halogens is 5. The highest BCUT2D eigenvalue weighted by Crippen LogP contribution is 2.42. The number of benzene rings is 2. The van der Waals surface area contributed by atoms with Gasteiger partial charge in [0.25, 0.3) is 0 Å². The van der Waals surface area contributed by atoms with Crippen molar-refractivity contribution >= 4 is 11.7 Å². The molecule has 1 aromatic heterocycles. The molecule has 0 fully saturated rings. The van der Waals surface area contributed by atoms with Crippen LogP contribution in [0.25, 0.3) is 0 Å². The molecular weight excluding hydrogens is 527 g/mol. The molecule has 3 aromatic rings. The minimum atomic E-state index is -4.46. The molecule has 4 nitrogen and oxygen atoms in total. The third kappa shape index (κ3) is 5.54. The maximum atomic E-state index is 14.2. The molecule has 9 heteroatoms. The Morgan fingerprint density at radius 2 is 1.88 bits per heavy atom. The first-order chi connectivity index (χ1) is 19.1. The molecule has 2 heterocycles. The number of alkyl halides is 3. The van der Waals surface area contributed by atoms with E-state index in [4.69, 9.17) is 4.74 Å². The minimum absolute atomic E-state index is 0.0653. The number of carbonyl (C=O) groups excluding carboxylic acids is 1. The first-order valence-corrected chi connectivity index (χ1v) is 12.6. The van der Waals surface area contributed by atoms with Gasteiger partial charge in [-0.05, 0) is 59.0 Å². The van der Waals surface area contributed by atoms with Crippen LogP contribution < -0.4 is 4.90 Å². The van der Waals surface area contributed by atoms with Gasteiger partial charge in [0.1, 0.15) is 17.5 Å². The van der Waals surface area contributed by atoms with E-state index in [9.17, 15) is 26.7 Å². The number of hydrogen-bond acceptors (Lipinski definition) is 3. The smallest absolute Gasteiger partial charge is 0.422 e. The monoisotopic (exact) mass is 552 g/mol. The lowest BCUT2D eigenvalue weighted by molar-refractivity contribution is -0.165. The zero-order valence-electron chi connectivity index (χ0n) is 21.3. The highest BCUT2D eigenvalue weighted by atomic mass is 19.4. The first kappa shape index (κ1) is 27.3. The van der Waals surface area contributed by atoms with E-state index in [0.717, 1.165) is 17.2 Å². The van der Waals surface area contributed by atoms with Crippen molar-refractivity contribution in [1.82, 2.24) is 4.98 Å². The maximum Gasteiger partial charge on any atom is 0.422 e. The number of hydrogen-bond donors (Lipinski definition) is 0. The Bertz CT molecular complexity index is 1480. The average molecular weight is 553 g/mol. The van der Waals surface area contributed by atoms with Crippen LogP contribution in [0.5, 0.6) is 0 Å². The van der Waals surface area contributed by atoms with Crippen LogP contribution in [0.3, 0.4) is 0 Å². The molecule has 206 valence electrons. The zero-order chi connectivity index (χ0) is 28.5. The summed E-state index contributed by atoms with van der Waals surface area (Å²) < 4.78 is 71.4. The number of nitrogens with zero attached hydrogens (tertiary/aromatic N) is 2. The minimum Gasteiger partial charge on any atom is -0.488 e. The predicted octanol–water partition coefficient (Wildman–Crippen LogP) is 7.08. The van der Waals surface area contributed by atoms with Crippen molar-refractivity contribution in [3.8, 4) is 0 Å². The van der Waals surface area contributed by atoms with Crippen molar-refractivity contribution in [2.24, 2.45) is 0 Å². The Kier molecular flexibility index (Phi) is 7.31. The van der Waals surface area contributed by atoms with Gasteiger partial charge in [0, 0.05) is 24.6 Å². The third-order valence-electron chi connectivity index (χ3n) is 7.15. The Balaban J connectivity index is 1.56. The van der Waals surface area contributed by atoms with E-state index in [1.54, 1.807) is 30.5 Å². The highest BCUT2D eigenvalue weighted by Gasteiger charge is 2.46. The molecule has 5 rings (SSSR count). The molecule has 1 amide bonds. The summed E-state index contributed by atoms with van der Waals surface area (Å²) in [5.74, 6) is -1.58. The van der Waals surface area contributed by atoms with E-state index in [0.29, 0.717) is 11.4 Å². The topological polar surface area (TPSA) is 42.4 Å². The Morgan fingerprint density at radius 3 is 2.55 bits per heavy atom. The summed E-state index contributed by atoms with van der Waals surface area (Å²) in [5.41, 5.74) is 1.03. The predicted molar refractivity (Wildman–Crippen MR) is 140 cm³/mol. The standard InChI is InChI=1S/C31H25F5N2O2/c1-2-30(17-20-12-24(32)16-25(33)13-20)27-15-22(21-6-5-7-26(14-21)40-19-31(34,35)36)9-10-23(27)18-38(29(30)39)28-8-3-4-11-37-28/h2-13,15-16,21H,1,14,17-19H2. The summed E-state index contributed by atoms with van der Waals surface area (Å²) >= 11 is 0. The molecule has 0 radical (unpaired) electrons. The Labute approximate surface area is 228 Å². The molecule has 2 aliphatic rings. The van der Waals surface area contributed by atoms with Crippen LogP contribution in [-0.4, -0.2) is 23.7 Å². The van der Waals surface area contributed by atoms with Crippen LogP contribution in [0.1, 0.15) is 34.6 Å². The highest BCUT2D eigenvalue weighted by molar-refractivity contribution is 6.04. The van der Waals surface area contributed by atoms with E-state index in [2.05, 4.69) is 11.6 Å². The van der Waals surface area contributed by atoms with E-state index in [1.165, 1.54) is 29.2 Å². The summed E-state index contributed by atoms with van der Waals surface area (Å²) in [6.07, 6.45) is 3.74. The number of pyridine rings is 1. The van der Waals surface area contributed by atoms with Crippen LogP contribution in [0.15, 0.2) is 97.4 Å². The van der Waals surface area contributed by atoms with Crippen LogP contribution in [0.4, 0.5) is 27.8 Å². The van der Waals surface area contributed by atoms with Crippen LogP contribution >= 0.6 is 0 Å². The Hall–Kier alpha value is -4.27. The molecule has 2 unspecified atom stereocenters. The summed E-state index contributed by atoms with van der Waals surface area (Å²) in [5, 5.41) is 0. The van der Waals surface area contributed by atoms with Crippen molar-refractivity contribution < 1.29 is 31.5 Å². The summed E-state index contributed by atoms with van der Waals surface area (Å²) in [6.45, 7) is 2.80. The van der Waals surface area contributed by atoms with Gasteiger partial charge >= 0.3 is 6.18 Å². The van der Waals surface area contributed by atoms with Crippen molar-refractivity contribution in [1.29, 1.82) is 0 Å². The normalized spacial score (nSPS) is 20.6. The second kappa shape index (κ2) is 10.7. The molecule has 1 aliphatic heterocycles. The third-order valence-corrected chi connectivity index (χ3v) is 7.15. The van der Waals surface area contributed by atoms with Crippen LogP contribution in [0.2, 0.25) is 0 Å². The van der Waals surface area contributed by atoms with Crippen molar-refractivity contribution in [2.45, 2.75) is 36.9 Å². The summed E-state index contributed by atoms with van der Waals surface area (Å²) in [7, 11) is 0. The van der Waals surface area contributed by atoms with E-state index < -0.39 is 29.8 Å². The number of amides is 1. The zero-order valence-corrected chi connectivity index (χ0v) is 21.3. The number of rotatable bonds is 7. The first-order valence-electron chi connectivity index (χ1n) is 12.6. The fraction of sp³-hybridized carbons (Fsp3) is 0.226. The molecule has 40 heavy (non-hydrogen) atoms. The van der Waals surface area contributed by atoms with Crippen molar-refractivity contribution in [2.75, 3.05) is 11.5 Å². The summed E-state index contributed by atoms with van der Waals surface area (Å²) in [6, 6.07) is 13.9. The fourth-order valence-corrected chi connectivity index (χ4v) is 5.31. The quantitative estimate of drug-likeness (QED) is 0.232. The maximum absolute atomic E-state index is 14.2. The molecule has 0 bridgehead atoms. The second-order valence-corrected chi connectivity index (χ2v) is 9.86. The van der Waals surface area contributed by atoms with E-state index in [1.807, 2.05) is 24.3 Å². The van der Waals surface area contributed by atoms with Gasteiger partial charge in [-0.3, -0.25) is 9.69 Å². The van der Waals surface area contributed by atoms with Gasteiger partial charge in [-0.25, -0.2) is 13.8 Å². The molecule has 0 saturated carbocycles. The van der Waals surface area contributed by atoms with Gasteiger partial charge in [0.05, 0.1) is 17.7 Å². The fourth-order valence-electron chi connectivity index (χ4n) is 5.31. The van der Waals surface area contributed by atoms with Crippen LogP contribution in [0, 0.1) is 11.6 Å². The van der Waals surface area contributed by atoms with Crippen LogP contribution in [-0.2, 0) is 27.9 Å². The van der Waals surface area contributed by atoms with Gasteiger partial charge in [-0.1, -0.05) is 42.5 Å². The second-order valence-electron chi connectivity index (χ2n) is 9.86. The lowest BCUT2D eigenvalue weighted by Gasteiger charge is -2.41. The molecular formula is C31H25F5N2O2. The lowest BCUT2D eigenvalue weighted by atomic mass is 9.69. The van der Waals surface area contributed by atoms with Gasteiger partial charge < -0.3 is 4.74 Å². The average Bonchev–Trinajstić information content (AvgIpc) is 2.93. The van der Waals surface area contributed by atoms with Gasteiger partial charge in [0.2, 0.25) is 5.91 Å². The lowest BCUT2D eigenvalue weighted by Crippen LogP contribution is -2.51. The number of carbonyl (C=O) groups is 1. The van der Waals surface area contributed by atoms with E-state index in [-0.39, 0.29) is 42.5 Å². The molecule has 2 aromatic carbocycles. The number of allylic oxidation sites excluding steroid dienone is 4. The van der Waals surface area contributed by atoms with Gasteiger partial charge in [-0.15, -0.1) is 6.58 Å².